The van der Waals surface area contributed by atoms with Crippen molar-refractivity contribution in [2.24, 2.45) is 0 Å². The fourth-order valence-electron chi connectivity index (χ4n) is 2.49. The van der Waals surface area contributed by atoms with E-state index in [-0.39, 0.29) is 5.91 Å². The number of likely N-dealkylation sites (N-methyl/N-ethyl adjacent to an activating group) is 1. The summed E-state index contributed by atoms with van der Waals surface area (Å²) in [5.74, 6) is 1.64. The topological polar surface area (TPSA) is 60.0 Å². The van der Waals surface area contributed by atoms with Crippen molar-refractivity contribution in [2.45, 2.75) is 13.1 Å². The molecule has 1 heterocycles. The number of rotatable bonds is 9. The third-order valence-electron chi connectivity index (χ3n) is 3.66. The molecule has 0 radical (unpaired) electrons. The molecule has 1 amide bonds. The molecule has 1 aromatic heterocycles. The summed E-state index contributed by atoms with van der Waals surface area (Å²) in [6.45, 7) is 1.48. The van der Waals surface area contributed by atoms with E-state index in [1.165, 1.54) is 5.56 Å². The van der Waals surface area contributed by atoms with Gasteiger partial charge in [0.2, 0.25) is 11.7 Å². The summed E-state index contributed by atoms with van der Waals surface area (Å²) in [4.78, 5) is 14.1. The third-order valence-corrected chi connectivity index (χ3v) is 4.39. The van der Waals surface area contributed by atoms with Crippen molar-refractivity contribution >= 4 is 17.2 Å². The highest BCUT2D eigenvalue weighted by Crippen LogP contribution is 2.38. The SMILES string of the molecule is COc1cc(CNC(=O)CN(C)Cc2ccsc2)cc(OC)c1OC. The second-order valence-corrected chi connectivity index (χ2v) is 6.39. The van der Waals surface area contributed by atoms with Gasteiger partial charge in [-0.3, -0.25) is 9.69 Å². The zero-order valence-electron chi connectivity index (χ0n) is 15.0. The predicted octanol–water partition coefficient (Wildman–Crippen LogP) is 2.52. The van der Waals surface area contributed by atoms with Crippen molar-refractivity contribution in [3.63, 3.8) is 0 Å². The van der Waals surface area contributed by atoms with Crippen molar-refractivity contribution in [3.8, 4) is 17.2 Å². The minimum atomic E-state index is -0.0357. The van der Waals surface area contributed by atoms with Crippen LogP contribution in [0.1, 0.15) is 11.1 Å². The Bertz CT molecular complexity index is 663. The Kier molecular flexibility index (Phi) is 7.09. The first-order chi connectivity index (χ1) is 12.1. The lowest BCUT2D eigenvalue weighted by Crippen LogP contribution is -2.34. The zero-order chi connectivity index (χ0) is 18.2. The molecule has 6 nitrogen and oxygen atoms in total. The molecule has 136 valence electrons. The summed E-state index contributed by atoms with van der Waals surface area (Å²) < 4.78 is 15.9. The average Bonchev–Trinajstić information content (AvgIpc) is 3.11. The highest BCUT2D eigenvalue weighted by Gasteiger charge is 2.14. The molecule has 0 spiro atoms. The molecule has 1 aromatic carbocycles. The van der Waals surface area contributed by atoms with E-state index in [9.17, 15) is 4.79 Å². The molecule has 1 N–H and O–H groups in total. The number of thiophene rings is 1. The molecule has 7 heteroatoms. The molecule has 0 fully saturated rings. The monoisotopic (exact) mass is 364 g/mol. The maximum Gasteiger partial charge on any atom is 0.234 e. The Labute approximate surface area is 152 Å². The van der Waals surface area contributed by atoms with Gasteiger partial charge in [-0.1, -0.05) is 0 Å². The Morgan fingerprint density at radius 1 is 1.12 bits per heavy atom. The van der Waals surface area contributed by atoms with Gasteiger partial charge in [0.25, 0.3) is 0 Å². The van der Waals surface area contributed by atoms with Crippen molar-refractivity contribution < 1.29 is 19.0 Å². The fraction of sp³-hybridized carbons (Fsp3) is 0.389. The smallest absolute Gasteiger partial charge is 0.234 e. The van der Waals surface area contributed by atoms with Gasteiger partial charge in [0, 0.05) is 13.1 Å². The van der Waals surface area contributed by atoms with Gasteiger partial charge in [-0.2, -0.15) is 11.3 Å². The molecule has 0 aliphatic carbocycles. The second-order valence-electron chi connectivity index (χ2n) is 5.61. The second kappa shape index (κ2) is 9.29. The quantitative estimate of drug-likeness (QED) is 0.741. The molecule has 0 atom stereocenters. The van der Waals surface area contributed by atoms with E-state index in [4.69, 9.17) is 14.2 Å². The van der Waals surface area contributed by atoms with Crippen molar-refractivity contribution in [2.75, 3.05) is 34.9 Å². The van der Waals surface area contributed by atoms with Crippen LogP contribution in [0.3, 0.4) is 0 Å². The minimum absolute atomic E-state index is 0.0357. The normalized spacial score (nSPS) is 10.6. The summed E-state index contributed by atoms with van der Waals surface area (Å²) in [7, 11) is 6.62. The molecule has 0 saturated carbocycles. The molecule has 0 saturated heterocycles. The molecular formula is C18H24N2O4S. The van der Waals surface area contributed by atoms with Gasteiger partial charge < -0.3 is 19.5 Å². The number of amides is 1. The Hall–Kier alpha value is -2.25. The highest BCUT2D eigenvalue weighted by molar-refractivity contribution is 7.07. The first-order valence-electron chi connectivity index (χ1n) is 7.82. The molecule has 2 aromatic rings. The molecule has 0 unspecified atom stereocenters. The standard InChI is InChI=1S/C18H24N2O4S/c1-20(10-13-5-6-25-12-13)11-17(21)19-9-14-7-15(22-2)18(24-4)16(8-14)23-3/h5-8,12H,9-11H2,1-4H3,(H,19,21). The van der Waals surface area contributed by atoms with Crippen LogP contribution in [0.25, 0.3) is 0 Å². The molecule has 0 aliphatic heterocycles. The maximum absolute atomic E-state index is 12.1. The van der Waals surface area contributed by atoms with Crippen LogP contribution in [-0.2, 0) is 17.9 Å². The van der Waals surface area contributed by atoms with E-state index in [0.717, 1.165) is 12.1 Å². The lowest BCUT2D eigenvalue weighted by molar-refractivity contribution is -0.122. The van der Waals surface area contributed by atoms with Crippen LogP contribution in [0.5, 0.6) is 17.2 Å². The Morgan fingerprint density at radius 3 is 2.32 bits per heavy atom. The Morgan fingerprint density at radius 2 is 1.80 bits per heavy atom. The third kappa shape index (κ3) is 5.37. The van der Waals surface area contributed by atoms with Gasteiger partial charge >= 0.3 is 0 Å². The van der Waals surface area contributed by atoms with E-state index in [1.54, 1.807) is 32.7 Å². The number of carbonyl (C=O) groups excluding carboxylic acids is 1. The predicted molar refractivity (Wildman–Crippen MR) is 98.6 cm³/mol. The van der Waals surface area contributed by atoms with Crippen LogP contribution in [-0.4, -0.2) is 45.7 Å². The fourth-order valence-corrected chi connectivity index (χ4v) is 3.15. The van der Waals surface area contributed by atoms with Gasteiger partial charge in [-0.15, -0.1) is 0 Å². The number of hydrogen-bond donors (Lipinski definition) is 1. The van der Waals surface area contributed by atoms with Gasteiger partial charge in [0.1, 0.15) is 0 Å². The minimum Gasteiger partial charge on any atom is -0.493 e. The van der Waals surface area contributed by atoms with Crippen molar-refractivity contribution in [1.29, 1.82) is 0 Å². The van der Waals surface area contributed by atoms with E-state index >= 15 is 0 Å². The molecule has 2 rings (SSSR count). The van der Waals surface area contributed by atoms with E-state index in [0.29, 0.717) is 30.3 Å². The van der Waals surface area contributed by atoms with E-state index in [2.05, 4.69) is 16.8 Å². The number of nitrogens with one attached hydrogen (secondary N) is 1. The van der Waals surface area contributed by atoms with Gasteiger partial charge in [0.15, 0.2) is 11.5 Å². The number of ether oxygens (including phenoxy) is 3. The largest absolute Gasteiger partial charge is 0.493 e. The maximum atomic E-state index is 12.1. The van der Waals surface area contributed by atoms with Gasteiger partial charge in [-0.25, -0.2) is 0 Å². The lowest BCUT2D eigenvalue weighted by atomic mass is 10.1. The van der Waals surface area contributed by atoms with E-state index in [1.807, 2.05) is 29.5 Å². The Balaban J connectivity index is 1.92. The summed E-state index contributed by atoms with van der Waals surface area (Å²) in [5, 5.41) is 7.04. The summed E-state index contributed by atoms with van der Waals surface area (Å²) in [5.41, 5.74) is 2.09. The lowest BCUT2D eigenvalue weighted by Gasteiger charge is -2.17. The van der Waals surface area contributed by atoms with Crippen molar-refractivity contribution in [1.82, 2.24) is 10.2 Å². The summed E-state index contributed by atoms with van der Waals surface area (Å²) in [6, 6.07) is 5.72. The van der Waals surface area contributed by atoms with Gasteiger partial charge in [0.05, 0.1) is 27.9 Å². The van der Waals surface area contributed by atoms with Gasteiger partial charge in [-0.05, 0) is 47.1 Å². The first kappa shape index (κ1) is 19.1. The van der Waals surface area contributed by atoms with Crippen LogP contribution in [0.2, 0.25) is 0 Å². The number of hydrogen-bond acceptors (Lipinski definition) is 6. The summed E-state index contributed by atoms with van der Waals surface area (Å²) >= 11 is 1.66. The number of methoxy groups -OCH3 is 3. The van der Waals surface area contributed by atoms with Crippen LogP contribution < -0.4 is 19.5 Å². The number of benzene rings is 1. The van der Waals surface area contributed by atoms with Crippen LogP contribution in [0, 0.1) is 0 Å². The van der Waals surface area contributed by atoms with Crippen LogP contribution >= 0.6 is 11.3 Å². The molecule has 25 heavy (non-hydrogen) atoms. The zero-order valence-corrected chi connectivity index (χ0v) is 15.8. The van der Waals surface area contributed by atoms with E-state index < -0.39 is 0 Å². The molecule has 0 aliphatic rings. The number of carbonyl (C=O) groups is 1. The number of nitrogens with zero attached hydrogens (tertiary/aromatic N) is 1. The molecule has 0 bridgehead atoms. The van der Waals surface area contributed by atoms with Crippen molar-refractivity contribution in [3.05, 3.63) is 40.1 Å². The van der Waals surface area contributed by atoms with Crippen LogP contribution in [0.4, 0.5) is 0 Å². The summed E-state index contributed by atoms with van der Waals surface area (Å²) in [6.07, 6.45) is 0. The highest BCUT2D eigenvalue weighted by atomic mass is 32.1. The first-order valence-corrected chi connectivity index (χ1v) is 8.76. The molecular weight excluding hydrogens is 340 g/mol. The van der Waals surface area contributed by atoms with Crippen LogP contribution in [0.15, 0.2) is 29.0 Å². The average molecular weight is 364 g/mol.